The van der Waals surface area contributed by atoms with Gasteiger partial charge in [0.15, 0.2) is 0 Å². The monoisotopic (exact) mass is 503 g/mol. The molecule has 0 aliphatic heterocycles. The number of rotatable bonds is 8. The van der Waals surface area contributed by atoms with Gasteiger partial charge in [0.05, 0.1) is 5.52 Å². The van der Waals surface area contributed by atoms with Gasteiger partial charge in [0.25, 0.3) is 0 Å². The van der Waals surface area contributed by atoms with Crippen molar-refractivity contribution in [2.45, 2.75) is 50.9 Å². The van der Waals surface area contributed by atoms with Gasteiger partial charge in [0.2, 0.25) is 11.8 Å². The summed E-state index contributed by atoms with van der Waals surface area (Å²) in [7, 11) is 0. The number of para-hydroxylation sites is 1. The number of hydrogen-bond donors (Lipinski definition) is 1. The van der Waals surface area contributed by atoms with Crippen LogP contribution in [-0.2, 0) is 22.7 Å². The Morgan fingerprint density at radius 2 is 1.68 bits per heavy atom. The Kier molecular flexibility index (Phi) is 7.20. The number of nitrogens with one attached hydrogen (secondary N) is 1. The summed E-state index contributed by atoms with van der Waals surface area (Å²) < 4.78 is 30.2. The van der Waals surface area contributed by atoms with Gasteiger partial charge in [-0.2, -0.15) is 0 Å². The molecular weight excluding hydrogens is 476 g/mol. The summed E-state index contributed by atoms with van der Waals surface area (Å²) in [5.74, 6) is -1.90. The first-order chi connectivity index (χ1) is 18.0. The van der Waals surface area contributed by atoms with Crippen molar-refractivity contribution in [3.8, 4) is 0 Å². The van der Waals surface area contributed by atoms with E-state index in [9.17, 15) is 14.0 Å². The Morgan fingerprint density at radius 1 is 0.973 bits per heavy atom. The summed E-state index contributed by atoms with van der Waals surface area (Å²) in [6.07, 6.45) is 3.69. The maximum absolute atomic E-state index is 15.1. The zero-order chi connectivity index (χ0) is 25.8. The molecule has 1 N–H and O–H groups in total. The van der Waals surface area contributed by atoms with Crippen LogP contribution >= 0.6 is 0 Å². The quantitative estimate of drug-likeness (QED) is 0.383. The van der Waals surface area contributed by atoms with Gasteiger partial charge < -0.3 is 10.2 Å². The average Bonchev–Trinajstić information content (AvgIpc) is 3.56. The minimum Gasteiger partial charge on any atom is -0.351 e. The standard InChI is InChI=1S/C28H27F2N5O2/c29-20-15-13-19(14-16-20)17-34(26(36)18-35-25-12-6-5-11-24(25)32-33-35)27(22-9-3-4-10-23(22)30)28(37)31-21-7-1-2-8-21/h3-6,9-16,21,27H,1-2,7-8,17-18H2,(H,31,37). The fraction of sp³-hybridized carbons (Fsp3) is 0.286. The van der Waals surface area contributed by atoms with Crippen molar-refractivity contribution in [2.75, 3.05) is 0 Å². The molecule has 1 saturated carbocycles. The fourth-order valence-corrected chi connectivity index (χ4v) is 4.86. The van der Waals surface area contributed by atoms with Crippen LogP contribution in [0.2, 0.25) is 0 Å². The summed E-state index contributed by atoms with van der Waals surface area (Å²) in [6, 6.07) is 17.6. The summed E-state index contributed by atoms with van der Waals surface area (Å²) in [5, 5.41) is 11.2. The molecule has 37 heavy (non-hydrogen) atoms. The van der Waals surface area contributed by atoms with Crippen LogP contribution in [0.5, 0.6) is 0 Å². The number of hydrogen-bond acceptors (Lipinski definition) is 4. The second-order valence-electron chi connectivity index (χ2n) is 9.30. The Morgan fingerprint density at radius 3 is 2.43 bits per heavy atom. The van der Waals surface area contributed by atoms with Crippen molar-refractivity contribution in [3.05, 3.63) is 95.6 Å². The van der Waals surface area contributed by atoms with E-state index in [0.29, 0.717) is 16.6 Å². The fourth-order valence-electron chi connectivity index (χ4n) is 4.86. The maximum Gasteiger partial charge on any atom is 0.247 e. The summed E-state index contributed by atoms with van der Waals surface area (Å²) in [5.41, 5.74) is 1.99. The lowest BCUT2D eigenvalue weighted by Crippen LogP contribution is -2.47. The van der Waals surface area contributed by atoms with Gasteiger partial charge in [-0.25, -0.2) is 13.5 Å². The van der Waals surface area contributed by atoms with Gasteiger partial charge in [0, 0.05) is 18.2 Å². The summed E-state index contributed by atoms with van der Waals surface area (Å²) in [4.78, 5) is 28.9. The number of amides is 2. The Hall–Kier alpha value is -4.14. The molecule has 1 fully saturated rings. The molecule has 7 nitrogen and oxygen atoms in total. The first kappa shape index (κ1) is 24.5. The lowest BCUT2D eigenvalue weighted by molar-refractivity contribution is -0.142. The molecule has 1 aliphatic carbocycles. The molecule has 0 saturated heterocycles. The minimum absolute atomic E-state index is 0.0243. The Labute approximate surface area is 213 Å². The lowest BCUT2D eigenvalue weighted by Gasteiger charge is -2.32. The molecule has 0 spiro atoms. The Bertz CT molecular complexity index is 1400. The van der Waals surface area contributed by atoms with Crippen molar-refractivity contribution in [1.82, 2.24) is 25.2 Å². The van der Waals surface area contributed by atoms with E-state index in [1.807, 2.05) is 12.1 Å². The number of aromatic nitrogens is 3. The van der Waals surface area contributed by atoms with Crippen LogP contribution in [0, 0.1) is 11.6 Å². The van der Waals surface area contributed by atoms with E-state index >= 15 is 4.39 Å². The maximum atomic E-state index is 15.1. The van der Waals surface area contributed by atoms with Crippen molar-refractivity contribution < 1.29 is 18.4 Å². The van der Waals surface area contributed by atoms with Gasteiger partial charge in [0.1, 0.15) is 29.7 Å². The highest BCUT2D eigenvalue weighted by molar-refractivity contribution is 5.89. The van der Waals surface area contributed by atoms with E-state index in [-0.39, 0.29) is 24.7 Å². The van der Waals surface area contributed by atoms with Gasteiger partial charge in [-0.3, -0.25) is 9.59 Å². The van der Waals surface area contributed by atoms with Crippen LogP contribution in [0.15, 0.2) is 72.8 Å². The topological polar surface area (TPSA) is 80.1 Å². The van der Waals surface area contributed by atoms with Crippen molar-refractivity contribution >= 4 is 22.8 Å². The molecule has 0 radical (unpaired) electrons. The number of carbonyl (C=O) groups excluding carboxylic acids is 2. The predicted octanol–water partition coefficient (Wildman–Crippen LogP) is 4.54. The second-order valence-corrected chi connectivity index (χ2v) is 9.30. The highest BCUT2D eigenvalue weighted by atomic mass is 19.1. The van der Waals surface area contributed by atoms with Crippen LogP contribution < -0.4 is 5.32 Å². The number of fused-ring (bicyclic) bond motifs is 1. The number of benzene rings is 3. The molecule has 4 aromatic rings. The third kappa shape index (κ3) is 5.50. The molecule has 1 aromatic heterocycles. The second kappa shape index (κ2) is 10.9. The number of halogens is 2. The van der Waals surface area contributed by atoms with Crippen LogP contribution in [-0.4, -0.2) is 37.7 Å². The highest BCUT2D eigenvalue weighted by Gasteiger charge is 2.35. The zero-order valence-electron chi connectivity index (χ0n) is 20.2. The van der Waals surface area contributed by atoms with Crippen LogP contribution in [0.3, 0.4) is 0 Å². The summed E-state index contributed by atoms with van der Waals surface area (Å²) in [6.45, 7) is -0.230. The summed E-state index contributed by atoms with van der Waals surface area (Å²) >= 11 is 0. The van der Waals surface area contributed by atoms with Crippen molar-refractivity contribution in [2.24, 2.45) is 0 Å². The van der Waals surface area contributed by atoms with E-state index in [2.05, 4.69) is 15.6 Å². The van der Waals surface area contributed by atoms with E-state index in [1.165, 1.54) is 33.8 Å². The van der Waals surface area contributed by atoms with E-state index in [1.54, 1.807) is 36.4 Å². The SMILES string of the molecule is O=C(NC1CCCC1)C(c1ccccc1F)N(Cc1ccc(F)cc1)C(=O)Cn1nnc2ccccc21. The first-order valence-corrected chi connectivity index (χ1v) is 12.4. The molecule has 3 aromatic carbocycles. The molecule has 190 valence electrons. The molecule has 1 unspecified atom stereocenters. The zero-order valence-corrected chi connectivity index (χ0v) is 20.2. The molecule has 2 amide bonds. The smallest absolute Gasteiger partial charge is 0.247 e. The van der Waals surface area contributed by atoms with E-state index in [4.69, 9.17) is 0 Å². The van der Waals surface area contributed by atoms with Gasteiger partial charge >= 0.3 is 0 Å². The Balaban J connectivity index is 1.53. The normalized spacial score (nSPS) is 14.5. The molecular formula is C28H27F2N5O2. The molecule has 5 rings (SSSR count). The third-order valence-electron chi connectivity index (χ3n) is 6.75. The van der Waals surface area contributed by atoms with Crippen LogP contribution in [0.1, 0.15) is 42.9 Å². The van der Waals surface area contributed by atoms with E-state index < -0.39 is 29.5 Å². The van der Waals surface area contributed by atoms with E-state index in [0.717, 1.165) is 25.7 Å². The van der Waals surface area contributed by atoms with Crippen molar-refractivity contribution in [3.63, 3.8) is 0 Å². The first-order valence-electron chi connectivity index (χ1n) is 12.4. The number of nitrogens with zero attached hydrogens (tertiary/aromatic N) is 4. The molecule has 0 bridgehead atoms. The number of carbonyl (C=O) groups is 2. The van der Waals surface area contributed by atoms with Gasteiger partial charge in [-0.05, 0) is 48.7 Å². The van der Waals surface area contributed by atoms with Gasteiger partial charge in [-0.1, -0.05) is 60.5 Å². The van der Waals surface area contributed by atoms with Crippen LogP contribution in [0.4, 0.5) is 8.78 Å². The molecule has 1 aliphatic rings. The molecule has 1 heterocycles. The molecule has 1 atom stereocenters. The van der Waals surface area contributed by atoms with Gasteiger partial charge in [-0.15, -0.1) is 5.10 Å². The minimum atomic E-state index is -1.23. The highest BCUT2D eigenvalue weighted by Crippen LogP contribution is 2.28. The average molecular weight is 504 g/mol. The predicted molar refractivity (Wildman–Crippen MR) is 134 cm³/mol. The molecule has 9 heteroatoms. The third-order valence-corrected chi connectivity index (χ3v) is 6.75. The largest absolute Gasteiger partial charge is 0.351 e. The van der Waals surface area contributed by atoms with Crippen molar-refractivity contribution in [1.29, 1.82) is 0 Å². The lowest BCUT2D eigenvalue weighted by atomic mass is 10.0. The van der Waals surface area contributed by atoms with Crippen LogP contribution in [0.25, 0.3) is 11.0 Å².